The summed E-state index contributed by atoms with van der Waals surface area (Å²) in [5.74, 6) is -0.301. The van der Waals surface area contributed by atoms with Crippen LogP contribution in [0.25, 0.3) is 10.9 Å². The van der Waals surface area contributed by atoms with Gasteiger partial charge in [0.1, 0.15) is 0 Å². The van der Waals surface area contributed by atoms with E-state index in [4.69, 9.17) is 0 Å². The average Bonchev–Trinajstić information content (AvgIpc) is 2.80. The molecule has 1 aromatic heterocycles. The molecule has 0 amide bonds. The van der Waals surface area contributed by atoms with Crippen molar-refractivity contribution in [2.24, 2.45) is 0 Å². The summed E-state index contributed by atoms with van der Waals surface area (Å²) in [7, 11) is 0. The molecule has 114 valence electrons. The first kappa shape index (κ1) is 15.6. The first-order valence-corrected chi connectivity index (χ1v) is 6.79. The number of alkyl halides is 3. The summed E-state index contributed by atoms with van der Waals surface area (Å²) in [5, 5.41) is 0.742. The van der Waals surface area contributed by atoms with Crippen LogP contribution in [0.2, 0.25) is 0 Å². The van der Waals surface area contributed by atoms with E-state index in [1.54, 1.807) is 25.3 Å². The number of nitrogens with zero attached hydrogens (tertiary/aromatic N) is 1. The van der Waals surface area contributed by atoms with Gasteiger partial charge in [0.25, 0.3) is 0 Å². The number of H-pyrrole nitrogens is 1. The fraction of sp³-hybridized carbons (Fsp3) is 0.400. The molecule has 2 rings (SSSR count). The van der Waals surface area contributed by atoms with Gasteiger partial charge >= 0.3 is 6.18 Å². The van der Waals surface area contributed by atoms with E-state index in [2.05, 4.69) is 4.98 Å². The molecule has 3 nitrogen and oxygen atoms in total. The fourth-order valence-electron chi connectivity index (χ4n) is 2.37. The van der Waals surface area contributed by atoms with E-state index in [9.17, 15) is 18.0 Å². The number of carbonyl (C=O) groups is 1. The molecule has 0 fully saturated rings. The SMILES string of the molecule is CCCN(CC(=O)c1c[nH]c2ccccc12)CC(F)(F)F. The summed E-state index contributed by atoms with van der Waals surface area (Å²) >= 11 is 0. The van der Waals surface area contributed by atoms with E-state index in [0.717, 1.165) is 15.8 Å². The molecule has 0 aliphatic heterocycles. The van der Waals surface area contributed by atoms with Crippen LogP contribution >= 0.6 is 0 Å². The Hall–Kier alpha value is -1.82. The van der Waals surface area contributed by atoms with Crippen LogP contribution in [-0.2, 0) is 0 Å². The summed E-state index contributed by atoms with van der Waals surface area (Å²) in [6, 6.07) is 7.24. The highest BCUT2D eigenvalue weighted by Gasteiger charge is 2.31. The summed E-state index contributed by atoms with van der Waals surface area (Å²) < 4.78 is 37.5. The summed E-state index contributed by atoms with van der Waals surface area (Å²) in [6.45, 7) is 0.747. The molecule has 1 aromatic carbocycles. The van der Waals surface area contributed by atoms with Crippen LogP contribution in [0, 0.1) is 0 Å². The number of para-hydroxylation sites is 1. The van der Waals surface area contributed by atoms with E-state index >= 15 is 0 Å². The Morgan fingerprint density at radius 1 is 1.29 bits per heavy atom. The minimum atomic E-state index is -4.30. The smallest absolute Gasteiger partial charge is 0.360 e. The van der Waals surface area contributed by atoms with Gasteiger partial charge in [-0.1, -0.05) is 25.1 Å². The van der Waals surface area contributed by atoms with Gasteiger partial charge in [-0.05, 0) is 19.0 Å². The third kappa shape index (κ3) is 4.07. The third-order valence-electron chi connectivity index (χ3n) is 3.20. The predicted octanol–water partition coefficient (Wildman–Crippen LogP) is 3.62. The van der Waals surface area contributed by atoms with Crippen molar-refractivity contribution in [3.8, 4) is 0 Å². The van der Waals surface area contributed by atoms with Crippen LogP contribution in [-0.4, -0.2) is 41.5 Å². The molecule has 0 aliphatic carbocycles. The van der Waals surface area contributed by atoms with E-state index in [0.29, 0.717) is 12.0 Å². The van der Waals surface area contributed by atoms with Crippen molar-refractivity contribution >= 4 is 16.7 Å². The predicted molar refractivity (Wildman–Crippen MR) is 75.4 cm³/mol. The lowest BCUT2D eigenvalue weighted by Gasteiger charge is -2.22. The van der Waals surface area contributed by atoms with Gasteiger partial charge < -0.3 is 4.98 Å². The second-order valence-corrected chi connectivity index (χ2v) is 5.00. The summed E-state index contributed by atoms with van der Waals surface area (Å²) in [5.41, 5.74) is 1.24. The molecular weight excluding hydrogens is 281 g/mol. The number of hydrogen-bond donors (Lipinski definition) is 1. The van der Waals surface area contributed by atoms with E-state index in [1.165, 1.54) is 0 Å². The Morgan fingerprint density at radius 2 is 2.00 bits per heavy atom. The highest BCUT2D eigenvalue weighted by atomic mass is 19.4. The number of halogens is 3. The molecule has 1 heterocycles. The van der Waals surface area contributed by atoms with Crippen LogP contribution in [0.4, 0.5) is 13.2 Å². The standard InChI is InChI=1S/C15H17F3N2O/c1-2-7-20(10-15(16,17)18)9-14(21)12-8-19-13-6-4-3-5-11(12)13/h3-6,8,19H,2,7,9-10H2,1H3. The highest BCUT2D eigenvalue weighted by molar-refractivity contribution is 6.08. The van der Waals surface area contributed by atoms with Crippen LogP contribution in [0.3, 0.4) is 0 Å². The number of Topliss-reactive ketones (excluding diaryl/α,β-unsaturated/α-hetero) is 1. The lowest BCUT2D eigenvalue weighted by atomic mass is 10.1. The van der Waals surface area contributed by atoms with Crippen LogP contribution in [0.1, 0.15) is 23.7 Å². The lowest BCUT2D eigenvalue weighted by Crippen LogP contribution is -2.38. The molecule has 0 spiro atoms. The van der Waals surface area contributed by atoms with Gasteiger partial charge in [-0.25, -0.2) is 0 Å². The second kappa shape index (κ2) is 6.30. The minimum Gasteiger partial charge on any atom is -0.360 e. The number of ketones is 1. The maximum Gasteiger partial charge on any atom is 0.401 e. The van der Waals surface area contributed by atoms with Crippen molar-refractivity contribution in [1.29, 1.82) is 0 Å². The molecule has 0 aliphatic rings. The lowest BCUT2D eigenvalue weighted by molar-refractivity contribution is -0.144. The molecule has 0 atom stereocenters. The molecule has 0 unspecified atom stereocenters. The molecule has 0 saturated carbocycles. The topological polar surface area (TPSA) is 36.1 Å². The molecule has 21 heavy (non-hydrogen) atoms. The van der Waals surface area contributed by atoms with Gasteiger partial charge in [0, 0.05) is 22.7 Å². The zero-order valence-corrected chi connectivity index (χ0v) is 11.7. The van der Waals surface area contributed by atoms with Crippen molar-refractivity contribution < 1.29 is 18.0 Å². The normalized spacial score (nSPS) is 12.2. The van der Waals surface area contributed by atoms with E-state index in [1.807, 2.05) is 12.1 Å². The number of hydrogen-bond acceptors (Lipinski definition) is 2. The first-order chi connectivity index (χ1) is 9.90. The van der Waals surface area contributed by atoms with Crippen LogP contribution in [0.15, 0.2) is 30.5 Å². The van der Waals surface area contributed by atoms with Crippen molar-refractivity contribution in [1.82, 2.24) is 9.88 Å². The summed E-state index contributed by atoms with van der Waals surface area (Å²) in [6.07, 6.45) is -2.17. The van der Waals surface area contributed by atoms with Crippen molar-refractivity contribution in [3.05, 3.63) is 36.0 Å². The van der Waals surface area contributed by atoms with Gasteiger partial charge in [0.2, 0.25) is 0 Å². The van der Waals surface area contributed by atoms with Gasteiger partial charge in [-0.3, -0.25) is 9.69 Å². The largest absolute Gasteiger partial charge is 0.401 e. The molecule has 2 aromatic rings. The maximum atomic E-state index is 12.5. The monoisotopic (exact) mass is 298 g/mol. The number of nitrogens with one attached hydrogen (secondary N) is 1. The quantitative estimate of drug-likeness (QED) is 0.827. The van der Waals surface area contributed by atoms with Gasteiger partial charge in [-0.2, -0.15) is 13.2 Å². The number of benzene rings is 1. The molecular formula is C15H17F3N2O. The Balaban J connectivity index is 2.15. The minimum absolute atomic E-state index is 0.227. The van der Waals surface area contributed by atoms with Gasteiger partial charge in [0.05, 0.1) is 13.1 Å². The van der Waals surface area contributed by atoms with Crippen molar-refractivity contribution in [2.75, 3.05) is 19.6 Å². The first-order valence-electron chi connectivity index (χ1n) is 6.79. The maximum absolute atomic E-state index is 12.5. The molecule has 6 heteroatoms. The Bertz CT molecular complexity index is 619. The molecule has 1 N–H and O–H groups in total. The Kier molecular flexibility index (Phi) is 4.67. The zero-order valence-electron chi connectivity index (χ0n) is 11.7. The number of aromatic nitrogens is 1. The van der Waals surface area contributed by atoms with Crippen molar-refractivity contribution in [2.45, 2.75) is 19.5 Å². The van der Waals surface area contributed by atoms with Crippen LogP contribution < -0.4 is 0 Å². The van der Waals surface area contributed by atoms with Crippen LogP contribution in [0.5, 0.6) is 0 Å². The zero-order chi connectivity index (χ0) is 15.5. The number of fused-ring (bicyclic) bond motifs is 1. The van der Waals surface area contributed by atoms with Crippen molar-refractivity contribution in [3.63, 3.8) is 0 Å². The fourth-order valence-corrected chi connectivity index (χ4v) is 2.37. The van der Waals surface area contributed by atoms with E-state index < -0.39 is 12.7 Å². The summed E-state index contributed by atoms with van der Waals surface area (Å²) in [4.78, 5) is 16.4. The highest BCUT2D eigenvalue weighted by Crippen LogP contribution is 2.20. The Labute approximate surface area is 120 Å². The number of aromatic amines is 1. The molecule has 0 saturated heterocycles. The van der Waals surface area contributed by atoms with Gasteiger partial charge in [-0.15, -0.1) is 0 Å². The van der Waals surface area contributed by atoms with E-state index in [-0.39, 0.29) is 18.9 Å². The second-order valence-electron chi connectivity index (χ2n) is 5.00. The molecule has 0 radical (unpaired) electrons. The van der Waals surface area contributed by atoms with Gasteiger partial charge in [0.15, 0.2) is 5.78 Å². The average molecular weight is 298 g/mol. The third-order valence-corrected chi connectivity index (χ3v) is 3.20. The number of carbonyl (C=O) groups excluding carboxylic acids is 1. The molecule has 0 bridgehead atoms. The number of rotatable bonds is 6. The Morgan fingerprint density at radius 3 is 2.67 bits per heavy atom.